The number of guanidine groups is 1. The second-order valence-corrected chi connectivity index (χ2v) is 6.24. The van der Waals surface area contributed by atoms with Crippen LogP contribution in [0.15, 0.2) is 53.5 Å². The van der Waals surface area contributed by atoms with Gasteiger partial charge >= 0.3 is 0 Å². The largest absolute Gasteiger partial charge is 0.489 e. The second kappa shape index (κ2) is 13.0. The van der Waals surface area contributed by atoms with E-state index in [1.165, 1.54) is 12.1 Å². The van der Waals surface area contributed by atoms with Crippen LogP contribution in [0.3, 0.4) is 0 Å². The van der Waals surface area contributed by atoms with E-state index < -0.39 is 0 Å². The lowest BCUT2D eigenvalue weighted by Gasteiger charge is -2.17. The molecule has 1 atom stereocenters. The Morgan fingerprint density at radius 3 is 2.52 bits per heavy atom. The molecular formula is C21H28FIN4O2. The Labute approximate surface area is 188 Å². The summed E-state index contributed by atoms with van der Waals surface area (Å²) < 4.78 is 18.9. The number of aliphatic imine (C=N–C) groups is 1. The standard InChI is InChI=1S/C21H27FN4O2.HI/c1-4-24-21(25-13-15(2)28-19-7-5-6-18(22)12-19)26-14-16-8-10-17(11-9-16)20(27)23-3;/h5-12,15H,4,13-14H2,1-3H3,(H,23,27)(H2,24,25,26);1H. The van der Waals surface area contributed by atoms with Gasteiger partial charge in [-0.1, -0.05) is 18.2 Å². The Bertz CT molecular complexity index is 800. The van der Waals surface area contributed by atoms with E-state index >= 15 is 0 Å². The smallest absolute Gasteiger partial charge is 0.251 e. The molecule has 0 aromatic heterocycles. The molecule has 0 aliphatic heterocycles. The number of carbonyl (C=O) groups excluding carboxylic acids is 1. The average Bonchev–Trinajstić information content (AvgIpc) is 2.70. The zero-order valence-electron chi connectivity index (χ0n) is 16.9. The third-order valence-electron chi connectivity index (χ3n) is 3.90. The van der Waals surface area contributed by atoms with Gasteiger partial charge in [-0.3, -0.25) is 4.79 Å². The van der Waals surface area contributed by atoms with E-state index in [0.29, 0.717) is 30.4 Å². The molecule has 0 saturated heterocycles. The maximum atomic E-state index is 13.2. The normalized spacial score (nSPS) is 11.8. The van der Waals surface area contributed by atoms with E-state index in [2.05, 4.69) is 20.9 Å². The quantitative estimate of drug-likeness (QED) is 0.287. The molecule has 0 heterocycles. The first-order chi connectivity index (χ1) is 13.5. The molecule has 158 valence electrons. The van der Waals surface area contributed by atoms with Crippen LogP contribution in [0.25, 0.3) is 0 Å². The van der Waals surface area contributed by atoms with Crippen molar-refractivity contribution in [3.8, 4) is 5.75 Å². The number of halogens is 2. The Kier molecular flexibility index (Phi) is 11.0. The topological polar surface area (TPSA) is 74.8 Å². The molecule has 0 spiro atoms. The fraction of sp³-hybridized carbons (Fsp3) is 0.333. The maximum absolute atomic E-state index is 13.2. The summed E-state index contributed by atoms with van der Waals surface area (Å²) >= 11 is 0. The number of benzene rings is 2. The van der Waals surface area contributed by atoms with E-state index in [0.717, 1.165) is 12.1 Å². The second-order valence-electron chi connectivity index (χ2n) is 6.24. The van der Waals surface area contributed by atoms with Crippen molar-refractivity contribution in [2.45, 2.75) is 26.5 Å². The van der Waals surface area contributed by atoms with Gasteiger partial charge in [-0.25, -0.2) is 9.38 Å². The number of hydrogen-bond acceptors (Lipinski definition) is 3. The van der Waals surface area contributed by atoms with Crippen LogP contribution < -0.4 is 20.7 Å². The molecular weight excluding hydrogens is 486 g/mol. The van der Waals surface area contributed by atoms with Crippen molar-refractivity contribution in [2.24, 2.45) is 4.99 Å². The van der Waals surface area contributed by atoms with Crippen LogP contribution >= 0.6 is 24.0 Å². The minimum absolute atomic E-state index is 0. The Morgan fingerprint density at radius 1 is 1.17 bits per heavy atom. The zero-order chi connectivity index (χ0) is 20.4. The van der Waals surface area contributed by atoms with E-state index in [4.69, 9.17) is 4.74 Å². The predicted molar refractivity (Wildman–Crippen MR) is 125 cm³/mol. The highest BCUT2D eigenvalue weighted by Gasteiger charge is 2.07. The van der Waals surface area contributed by atoms with Gasteiger partial charge in [-0.05, 0) is 43.7 Å². The summed E-state index contributed by atoms with van der Waals surface area (Å²) in [7, 11) is 1.61. The first-order valence-electron chi connectivity index (χ1n) is 9.27. The molecule has 29 heavy (non-hydrogen) atoms. The van der Waals surface area contributed by atoms with Crippen molar-refractivity contribution in [3.05, 3.63) is 65.5 Å². The molecule has 2 aromatic carbocycles. The number of rotatable bonds is 8. The monoisotopic (exact) mass is 514 g/mol. The first kappa shape index (κ1) is 24.7. The fourth-order valence-corrected chi connectivity index (χ4v) is 2.47. The summed E-state index contributed by atoms with van der Waals surface area (Å²) in [5.41, 5.74) is 1.61. The number of hydrogen-bond donors (Lipinski definition) is 3. The average molecular weight is 514 g/mol. The van der Waals surface area contributed by atoms with Crippen molar-refractivity contribution in [3.63, 3.8) is 0 Å². The van der Waals surface area contributed by atoms with E-state index in [1.54, 1.807) is 31.3 Å². The Hall–Kier alpha value is -2.36. The zero-order valence-corrected chi connectivity index (χ0v) is 19.2. The summed E-state index contributed by atoms with van der Waals surface area (Å²) in [5, 5.41) is 9.00. The maximum Gasteiger partial charge on any atom is 0.251 e. The SMILES string of the molecule is CCNC(=NCc1ccc(C(=O)NC)cc1)NCC(C)Oc1cccc(F)c1.I. The van der Waals surface area contributed by atoms with Gasteiger partial charge in [0.25, 0.3) is 5.91 Å². The van der Waals surface area contributed by atoms with Gasteiger partial charge in [0, 0.05) is 25.2 Å². The third kappa shape index (κ3) is 8.68. The van der Waals surface area contributed by atoms with E-state index in [9.17, 15) is 9.18 Å². The van der Waals surface area contributed by atoms with Crippen LogP contribution in [0.2, 0.25) is 0 Å². The van der Waals surface area contributed by atoms with Gasteiger partial charge in [-0.2, -0.15) is 0 Å². The van der Waals surface area contributed by atoms with Crippen molar-refractivity contribution in [1.29, 1.82) is 0 Å². The molecule has 2 aromatic rings. The molecule has 0 aliphatic rings. The fourth-order valence-electron chi connectivity index (χ4n) is 2.47. The number of carbonyl (C=O) groups is 1. The van der Waals surface area contributed by atoms with Crippen molar-refractivity contribution >= 4 is 35.8 Å². The predicted octanol–water partition coefficient (Wildman–Crippen LogP) is 3.33. The lowest BCUT2D eigenvalue weighted by atomic mass is 10.1. The van der Waals surface area contributed by atoms with Crippen molar-refractivity contribution in [1.82, 2.24) is 16.0 Å². The van der Waals surface area contributed by atoms with Crippen molar-refractivity contribution < 1.29 is 13.9 Å². The highest BCUT2D eigenvalue weighted by atomic mass is 127. The lowest BCUT2D eigenvalue weighted by molar-refractivity contribution is 0.0963. The van der Waals surface area contributed by atoms with Gasteiger partial charge in [0.1, 0.15) is 17.7 Å². The molecule has 1 amide bonds. The highest BCUT2D eigenvalue weighted by Crippen LogP contribution is 2.13. The highest BCUT2D eigenvalue weighted by molar-refractivity contribution is 14.0. The van der Waals surface area contributed by atoms with Gasteiger partial charge in [0.2, 0.25) is 0 Å². The molecule has 0 saturated carbocycles. The van der Waals surface area contributed by atoms with E-state index in [1.807, 2.05) is 26.0 Å². The van der Waals surface area contributed by atoms with Crippen LogP contribution in [0.4, 0.5) is 4.39 Å². The van der Waals surface area contributed by atoms with E-state index in [-0.39, 0.29) is 41.8 Å². The van der Waals surface area contributed by atoms with Crippen LogP contribution in [0, 0.1) is 5.82 Å². The minimum atomic E-state index is -0.324. The molecule has 8 heteroatoms. The number of ether oxygens (including phenoxy) is 1. The summed E-state index contributed by atoms with van der Waals surface area (Å²) in [6.07, 6.45) is -0.169. The van der Waals surface area contributed by atoms with Gasteiger partial charge < -0.3 is 20.7 Å². The molecule has 6 nitrogen and oxygen atoms in total. The molecule has 2 rings (SSSR count). The van der Waals surface area contributed by atoms with Crippen LogP contribution in [0.1, 0.15) is 29.8 Å². The number of nitrogens with one attached hydrogen (secondary N) is 3. The molecule has 0 radical (unpaired) electrons. The molecule has 1 unspecified atom stereocenters. The summed E-state index contributed by atoms with van der Waals surface area (Å²) in [6.45, 7) is 5.60. The first-order valence-corrected chi connectivity index (χ1v) is 9.27. The molecule has 0 fully saturated rings. The number of nitrogens with zero attached hydrogens (tertiary/aromatic N) is 1. The van der Waals surface area contributed by atoms with Gasteiger partial charge in [0.05, 0.1) is 13.1 Å². The molecule has 3 N–H and O–H groups in total. The van der Waals surface area contributed by atoms with Crippen molar-refractivity contribution in [2.75, 3.05) is 20.1 Å². The van der Waals surface area contributed by atoms with Crippen LogP contribution in [0.5, 0.6) is 5.75 Å². The molecule has 0 bridgehead atoms. The van der Waals surface area contributed by atoms with Crippen LogP contribution in [-0.2, 0) is 6.54 Å². The van der Waals surface area contributed by atoms with Crippen LogP contribution in [-0.4, -0.2) is 38.1 Å². The van der Waals surface area contributed by atoms with Gasteiger partial charge in [-0.15, -0.1) is 24.0 Å². The third-order valence-corrected chi connectivity index (χ3v) is 3.90. The summed E-state index contributed by atoms with van der Waals surface area (Å²) in [6, 6.07) is 13.4. The lowest BCUT2D eigenvalue weighted by Crippen LogP contribution is -2.41. The number of amides is 1. The Morgan fingerprint density at radius 2 is 1.90 bits per heavy atom. The Balaban J connectivity index is 0.00000420. The van der Waals surface area contributed by atoms with Gasteiger partial charge in [0.15, 0.2) is 5.96 Å². The molecule has 0 aliphatic carbocycles. The summed E-state index contributed by atoms with van der Waals surface area (Å²) in [4.78, 5) is 16.1. The minimum Gasteiger partial charge on any atom is -0.489 e. The summed E-state index contributed by atoms with van der Waals surface area (Å²) in [5.74, 6) is 0.715.